The molecule has 1 atom stereocenters. The van der Waals surface area contributed by atoms with Crippen molar-refractivity contribution < 1.29 is 8.42 Å². The number of hydrogen-bond acceptors (Lipinski definition) is 4. The van der Waals surface area contributed by atoms with E-state index in [0.29, 0.717) is 11.4 Å². The third-order valence-corrected chi connectivity index (χ3v) is 3.56. The zero-order chi connectivity index (χ0) is 12.1. The van der Waals surface area contributed by atoms with Gasteiger partial charge in [-0.2, -0.15) is 0 Å². The highest BCUT2D eigenvalue weighted by atomic mass is 32.2. The van der Waals surface area contributed by atoms with Gasteiger partial charge in [-0.1, -0.05) is 19.1 Å². The molecule has 0 bridgehead atoms. The third kappa shape index (κ3) is 8.77. The van der Waals surface area contributed by atoms with Gasteiger partial charge in [0.15, 0.2) is 0 Å². The maximum absolute atomic E-state index is 10.9. The lowest BCUT2D eigenvalue weighted by Gasteiger charge is -2.20. The molecule has 0 spiro atoms. The molecule has 6 heteroatoms. The predicted octanol–water partition coefficient (Wildman–Crippen LogP) is 0.275. The van der Waals surface area contributed by atoms with Gasteiger partial charge in [-0.15, -0.1) is 0 Å². The Morgan fingerprint density at radius 1 is 1.53 bits per heavy atom. The lowest BCUT2D eigenvalue weighted by atomic mass is 10.2. The maximum Gasteiger partial charge on any atom is 0.147 e. The highest BCUT2D eigenvalue weighted by molar-refractivity contribution is 7.90. The van der Waals surface area contributed by atoms with Crippen LogP contribution in [-0.2, 0) is 9.84 Å². The highest BCUT2D eigenvalue weighted by Gasteiger charge is 2.09. The van der Waals surface area contributed by atoms with Gasteiger partial charge in [-0.05, 0) is 20.0 Å². The Kier molecular flexibility index (Phi) is 6.31. The number of sulfone groups is 1. The van der Waals surface area contributed by atoms with Crippen LogP contribution < -0.4 is 5.73 Å². The summed E-state index contributed by atoms with van der Waals surface area (Å²) in [6.45, 7) is 3.49. The molecule has 0 saturated heterocycles. The van der Waals surface area contributed by atoms with Crippen LogP contribution in [0, 0.1) is 5.92 Å². The molecule has 0 aliphatic heterocycles. The van der Waals surface area contributed by atoms with Gasteiger partial charge in [-0.3, -0.25) is 0 Å². The zero-order valence-electron chi connectivity index (χ0n) is 9.56. The number of hydrogen-bond donors (Lipinski definition) is 1. The van der Waals surface area contributed by atoms with E-state index in [9.17, 15) is 8.42 Å². The summed E-state index contributed by atoms with van der Waals surface area (Å²) in [5.41, 5.74) is 5.49. The van der Waals surface area contributed by atoms with Crippen molar-refractivity contribution in [2.24, 2.45) is 11.7 Å². The fourth-order valence-electron chi connectivity index (χ4n) is 1.25. The molecular formula is C9H20N2O2S2. The first-order valence-corrected chi connectivity index (χ1v) is 7.35. The summed E-state index contributed by atoms with van der Waals surface area (Å²) < 4.78 is 21.8. The van der Waals surface area contributed by atoms with Crippen molar-refractivity contribution in [2.75, 3.05) is 32.1 Å². The first kappa shape index (κ1) is 14.8. The monoisotopic (exact) mass is 252 g/mol. The summed E-state index contributed by atoms with van der Waals surface area (Å²) in [6.07, 6.45) is 1.91. The molecule has 0 aromatic rings. The lowest BCUT2D eigenvalue weighted by molar-refractivity contribution is 0.316. The van der Waals surface area contributed by atoms with Gasteiger partial charge in [0.1, 0.15) is 9.84 Å². The van der Waals surface area contributed by atoms with Crippen LogP contribution in [0.2, 0.25) is 0 Å². The van der Waals surface area contributed by atoms with Crippen molar-refractivity contribution in [1.29, 1.82) is 0 Å². The molecule has 2 N–H and O–H groups in total. The van der Waals surface area contributed by atoms with Crippen LogP contribution in [0.5, 0.6) is 0 Å². The predicted molar refractivity (Wildman–Crippen MR) is 67.8 cm³/mol. The van der Waals surface area contributed by atoms with E-state index in [1.54, 1.807) is 0 Å². The van der Waals surface area contributed by atoms with E-state index in [4.69, 9.17) is 18.0 Å². The smallest absolute Gasteiger partial charge is 0.147 e. The van der Waals surface area contributed by atoms with Crippen molar-refractivity contribution in [3.05, 3.63) is 0 Å². The third-order valence-electron chi connectivity index (χ3n) is 2.13. The molecule has 0 aromatic heterocycles. The normalized spacial score (nSPS) is 14.1. The lowest BCUT2D eigenvalue weighted by Crippen LogP contribution is -2.32. The number of nitrogens with two attached hydrogens (primary N) is 1. The average molecular weight is 252 g/mol. The van der Waals surface area contributed by atoms with Gasteiger partial charge in [0.2, 0.25) is 0 Å². The van der Waals surface area contributed by atoms with Gasteiger partial charge in [0.05, 0.1) is 10.7 Å². The zero-order valence-corrected chi connectivity index (χ0v) is 11.2. The molecule has 4 nitrogen and oxygen atoms in total. The maximum atomic E-state index is 10.9. The second-order valence-electron chi connectivity index (χ2n) is 4.05. The topological polar surface area (TPSA) is 63.4 Å². The van der Waals surface area contributed by atoms with Crippen molar-refractivity contribution in [3.8, 4) is 0 Å². The molecule has 90 valence electrons. The molecule has 0 aliphatic carbocycles. The Labute approximate surface area is 97.7 Å². The molecule has 15 heavy (non-hydrogen) atoms. The minimum atomic E-state index is -2.84. The Balaban J connectivity index is 3.76. The largest absolute Gasteiger partial charge is 0.393 e. The molecule has 1 unspecified atom stereocenters. The summed E-state index contributed by atoms with van der Waals surface area (Å²) in [4.78, 5) is 2.56. The highest BCUT2D eigenvalue weighted by Crippen LogP contribution is 2.00. The van der Waals surface area contributed by atoms with Crippen LogP contribution in [0.4, 0.5) is 0 Å². The molecule has 0 aromatic carbocycles. The van der Waals surface area contributed by atoms with E-state index in [1.807, 2.05) is 14.0 Å². The molecule has 0 heterocycles. The van der Waals surface area contributed by atoms with E-state index in [0.717, 1.165) is 13.1 Å². The number of rotatable bonds is 7. The summed E-state index contributed by atoms with van der Waals surface area (Å²) in [5, 5.41) is 0. The summed E-state index contributed by atoms with van der Waals surface area (Å²) in [5.74, 6) is 0.405. The second-order valence-corrected chi connectivity index (χ2v) is 6.78. The van der Waals surface area contributed by atoms with Gasteiger partial charge in [0, 0.05) is 18.7 Å². The Morgan fingerprint density at radius 2 is 2.07 bits per heavy atom. The second kappa shape index (κ2) is 6.40. The van der Waals surface area contributed by atoms with Crippen molar-refractivity contribution in [1.82, 2.24) is 4.90 Å². The van der Waals surface area contributed by atoms with Crippen LogP contribution in [-0.4, -0.2) is 50.5 Å². The van der Waals surface area contributed by atoms with Crippen LogP contribution in [0.3, 0.4) is 0 Å². The molecular weight excluding hydrogens is 232 g/mol. The van der Waals surface area contributed by atoms with Crippen LogP contribution in [0.25, 0.3) is 0 Å². The summed E-state index contributed by atoms with van der Waals surface area (Å²) in [7, 11) is -0.900. The SMILES string of the molecule is CC(CN(C)CCCS(C)(=O)=O)C(N)=S. The van der Waals surface area contributed by atoms with E-state index in [-0.39, 0.29) is 11.7 Å². The Bertz CT molecular complexity index is 301. The summed E-state index contributed by atoms with van der Waals surface area (Å²) in [6, 6.07) is 0. The molecule has 0 saturated carbocycles. The van der Waals surface area contributed by atoms with Gasteiger partial charge >= 0.3 is 0 Å². The molecule has 0 radical (unpaired) electrons. The fraction of sp³-hybridized carbons (Fsp3) is 0.889. The minimum absolute atomic E-state index is 0.170. The van der Waals surface area contributed by atoms with E-state index in [2.05, 4.69) is 4.90 Å². The van der Waals surface area contributed by atoms with E-state index in [1.165, 1.54) is 6.26 Å². The summed E-state index contributed by atoms with van der Waals surface area (Å²) >= 11 is 4.86. The number of nitrogens with zero attached hydrogens (tertiary/aromatic N) is 1. The average Bonchev–Trinajstić information content (AvgIpc) is 2.01. The van der Waals surface area contributed by atoms with Crippen molar-refractivity contribution >= 4 is 27.0 Å². The van der Waals surface area contributed by atoms with Crippen LogP contribution in [0.15, 0.2) is 0 Å². The first-order chi connectivity index (χ1) is 6.72. The minimum Gasteiger partial charge on any atom is -0.393 e. The quantitative estimate of drug-likeness (QED) is 0.659. The van der Waals surface area contributed by atoms with Gasteiger partial charge in [0.25, 0.3) is 0 Å². The molecule has 0 fully saturated rings. The molecule has 0 aliphatic rings. The van der Waals surface area contributed by atoms with Crippen molar-refractivity contribution in [3.63, 3.8) is 0 Å². The molecule has 0 amide bonds. The number of thiocarbonyl (C=S) groups is 1. The Morgan fingerprint density at radius 3 is 2.47 bits per heavy atom. The van der Waals surface area contributed by atoms with E-state index >= 15 is 0 Å². The molecule has 0 rings (SSSR count). The van der Waals surface area contributed by atoms with Crippen molar-refractivity contribution in [2.45, 2.75) is 13.3 Å². The van der Waals surface area contributed by atoms with Gasteiger partial charge < -0.3 is 10.6 Å². The Hall–Kier alpha value is -0.200. The van der Waals surface area contributed by atoms with Gasteiger partial charge in [-0.25, -0.2) is 8.42 Å². The van der Waals surface area contributed by atoms with E-state index < -0.39 is 9.84 Å². The first-order valence-electron chi connectivity index (χ1n) is 4.88. The fourth-order valence-corrected chi connectivity index (χ4v) is 1.97. The van der Waals surface area contributed by atoms with Crippen LogP contribution in [0.1, 0.15) is 13.3 Å². The standard InChI is InChI=1S/C9H20N2O2S2/c1-8(9(10)14)7-11(2)5-4-6-15(3,12)13/h8H,4-7H2,1-3H3,(H2,10,14). The van der Waals surface area contributed by atoms with Crippen LogP contribution >= 0.6 is 12.2 Å².